The lowest BCUT2D eigenvalue weighted by Gasteiger charge is -2.32. The van der Waals surface area contributed by atoms with E-state index in [1.54, 1.807) is 19.5 Å². The van der Waals surface area contributed by atoms with Crippen LogP contribution in [-0.4, -0.2) is 63.2 Å². The molecule has 0 aliphatic carbocycles. The molecular weight excluding hydrogens is 422 g/mol. The second-order valence-electron chi connectivity index (χ2n) is 7.90. The van der Waals surface area contributed by atoms with Gasteiger partial charge in [0.05, 0.1) is 5.56 Å². The zero-order chi connectivity index (χ0) is 21.5. The first kappa shape index (κ1) is 21.0. The summed E-state index contributed by atoms with van der Waals surface area (Å²) in [5.74, 6) is -0.299. The largest absolute Gasteiger partial charge is 0.345 e. The van der Waals surface area contributed by atoms with Crippen LogP contribution in [0.2, 0.25) is 0 Å². The number of nitrogens with zero attached hydrogens (tertiary/aromatic N) is 3. The Hall–Kier alpha value is -2.23. The van der Waals surface area contributed by atoms with Crippen molar-refractivity contribution in [3.05, 3.63) is 46.8 Å². The Morgan fingerprint density at radius 1 is 1.10 bits per heavy atom. The van der Waals surface area contributed by atoms with Crippen molar-refractivity contribution in [3.63, 3.8) is 0 Å². The quantitative estimate of drug-likeness (QED) is 0.721. The summed E-state index contributed by atoms with van der Waals surface area (Å²) in [5, 5.41) is 1.58. The molecule has 4 rings (SSSR count). The molecule has 9 heteroatoms. The predicted octanol–water partition coefficient (Wildman–Crippen LogP) is 2.44. The van der Waals surface area contributed by atoms with Gasteiger partial charge in [-0.3, -0.25) is 9.59 Å². The second kappa shape index (κ2) is 8.13. The fourth-order valence-electron chi connectivity index (χ4n) is 4.08. The smallest absolute Gasteiger partial charge is 0.254 e. The van der Waals surface area contributed by atoms with Gasteiger partial charge in [-0.25, -0.2) is 8.42 Å². The van der Waals surface area contributed by atoms with Crippen molar-refractivity contribution < 1.29 is 18.0 Å². The minimum Gasteiger partial charge on any atom is -0.345 e. The van der Waals surface area contributed by atoms with Gasteiger partial charge < -0.3 is 9.80 Å². The molecule has 0 bridgehead atoms. The molecule has 3 heterocycles. The maximum Gasteiger partial charge on any atom is 0.254 e. The van der Waals surface area contributed by atoms with E-state index in [0.29, 0.717) is 38.0 Å². The van der Waals surface area contributed by atoms with E-state index >= 15 is 0 Å². The van der Waals surface area contributed by atoms with Crippen molar-refractivity contribution in [1.29, 1.82) is 0 Å². The summed E-state index contributed by atoms with van der Waals surface area (Å²) in [7, 11) is -0.394. The summed E-state index contributed by atoms with van der Waals surface area (Å²) >= 11 is 1.06. The number of fused-ring (bicyclic) bond motifs is 1. The highest BCUT2D eigenvalue weighted by Gasteiger charge is 2.36. The van der Waals surface area contributed by atoms with Crippen LogP contribution >= 0.6 is 11.3 Å². The number of thiophene rings is 1. The molecule has 2 aliphatic heterocycles. The molecule has 7 nitrogen and oxygen atoms in total. The molecule has 30 heavy (non-hydrogen) atoms. The fourth-order valence-corrected chi connectivity index (χ4v) is 6.86. The molecule has 0 unspecified atom stereocenters. The third kappa shape index (κ3) is 3.77. The monoisotopic (exact) mass is 447 g/mol. The lowest BCUT2D eigenvalue weighted by molar-refractivity contribution is -0.123. The maximum atomic E-state index is 13.0. The Morgan fingerprint density at radius 3 is 2.50 bits per heavy atom. The molecule has 2 amide bonds. The molecule has 1 saturated heterocycles. The van der Waals surface area contributed by atoms with Gasteiger partial charge in [0.15, 0.2) is 0 Å². The number of carbonyl (C=O) groups is 2. The number of para-hydroxylation sites is 1. The highest BCUT2D eigenvalue weighted by molar-refractivity contribution is 7.91. The maximum absolute atomic E-state index is 13.0. The number of hydrogen-bond acceptors (Lipinski definition) is 5. The Kier molecular flexibility index (Phi) is 5.69. The van der Waals surface area contributed by atoms with Gasteiger partial charge in [0.2, 0.25) is 5.91 Å². The van der Waals surface area contributed by atoms with E-state index in [9.17, 15) is 18.0 Å². The first-order valence-electron chi connectivity index (χ1n) is 9.98. The molecule has 1 fully saturated rings. The second-order valence-corrected chi connectivity index (χ2v) is 11.0. The molecular formula is C21H25N3O4S2. The van der Waals surface area contributed by atoms with Crippen molar-refractivity contribution in [2.45, 2.75) is 23.5 Å². The summed E-state index contributed by atoms with van der Waals surface area (Å²) < 4.78 is 27.6. The van der Waals surface area contributed by atoms with E-state index in [1.165, 1.54) is 20.8 Å². The van der Waals surface area contributed by atoms with E-state index in [0.717, 1.165) is 23.4 Å². The summed E-state index contributed by atoms with van der Waals surface area (Å²) in [4.78, 5) is 28.4. The summed E-state index contributed by atoms with van der Waals surface area (Å²) in [6.07, 6.45) is 1.87. The Balaban J connectivity index is 1.42. The standard InChI is InChI=1S/C21H25N3O4S2/c1-22(2)20(25)17-13-19(29-14-17)30(27,28)23-10-7-16(8-11-23)21(26)24-12-9-15-5-3-4-6-18(15)24/h3-6,13-14,16H,7-12H2,1-2H3. The van der Waals surface area contributed by atoms with Gasteiger partial charge in [0.25, 0.3) is 15.9 Å². The Labute approximate surface area is 180 Å². The minimum atomic E-state index is -3.66. The Bertz CT molecular complexity index is 1070. The van der Waals surface area contributed by atoms with Crippen LogP contribution in [0.3, 0.4) is 0 Å². The predicted molar refractivity (Wildman–Crippen MR) is 116 cm³/mol. The highest BCUT2D eigenvalue weighted by Crippen LogP contribution is 2.33. The average molecular weight is 448 g/mol. The van der Waals surface area contributed by atoms with Gasteiger partial charge in [-0.1, -0.05) is 18.2 Å². The van der Waals surface area contributed by atoms with Crippen molar-refractivity contribution >= 4 is 38.9 Å². The number of amides is 2. The topological polar surface area (TPSA) is 78.0 Å². The van der Waals surface area contributed by atoms with Crippen LogP contribution in [0.5, 0.6) is 0 Å². The van der Waals surface area contributed by atoms with Gasteiger partial charge >= 0.3 is 0 Å². The average Bonchev–Trinajstić information content (AvgIpc) is 3.40. The number of hydrogen-bond donors (Lipinski definition) is 0. The van der Waals surface area contributed by atoms with Crippen LogP contribution in [0, 0.1) is 5.92 Å². The molecule has 0 N–H and O–H groups in total. The zero-order valence-electron chi connectivity index (χ0n) is 17.1. The van der Waals surface area contributed by atoms with Crippen LogP contribution in [0.15, 0.2) is 39.9 Å². The van der Waals surface area contributed by atoms with Gasteiger partial charge in [-0.2, -0.15) is 4.31 Å². The third-order valence-electron chi connectivity index (χ3n) is 5.78. The van der Waals surface area contributed by atoms with Crippen LogP contribution in [0.1, 0.15) is 28.8 Å². The van der Waals surface area contributed by atoms with Crippen molar-refractivity contribution in [3.8, 4) is 0 Å². The summed E-state index contributed by atoms with van der Waals surface area (Å²) in [6.45, 7) is 1.31. The fraction of sp³-hybridized carbons (Fsp3) is 0.429. The molecule has 1 aromatic carbocycles. The summed E-state index contributed by atoms with van der Waals surface area (Å²) in [6, 6.07) is 9.40. The van der Waals surface area contributed by atoms with Gasteiger partial charge in [-0.05, 0) is 37.0 Å². The number of piperidine rings is 1. The van der Waals surface area contributed by atoms with Gasteiger partial charge in [0.1, 0.15) is 4.21 Å². The van der Waals surface area contributed by atoms with Gasteiger partial charge in [-0.15, -0.1) is 11.3 Å². The molecule has 160 valence electrons. The normalized spacial score (nSPS) is 17.7. The Morgan fingerprint density at radius 2 is 1.80 bits per heavy atom. The molecule has 2 aromatic rings. The SMILES string of the molecule is CN(C)C(=O)c1csc(S(=O)(=O)N2CCC(C(=O)N3CCc4ccccc43)CC2)c1. The van der Waals surface area contributed by atoms with E-state index in [2.05, 4.69) is 0 Å². The van der Waals surface area contributed by atoms with Crippen molar-refractivity contribution in [1.82, 2.24) is 9.21 Å². The molecule has 1 aromatic heterocycles. The van der Waals surface area contributed by atoms with Crippen LogP contribution in [0.25, 0.3) is 0 Å². The lowest BCUT2D eigenvalue weighted by atomic mass is 9.96. The molecule has 2 aliphatic rings. The molecule has 0 atom stereocenters. The number of rotatable bonds is 4. The summed E-state index contributed by atoms with van der Waals surface area (Å²) in [5.41, 5.74) is 2.54. The number of sulfonamides is 1. The first-order valence-corrected chi connectivity index (χ1v) is 12.3. The minimum absolute atomic E-state index is 0.0898. The van der Waals surface area contributed by atoms with Gasteiger partial charge in [0, 0.05) is 50.7 Å². The van der Waals surface area contributed by atoms with E-state index in [1.807, 2.05) is 29.2 Å². The first-order chi connectivity index (χ1) is 14.3. The lowest BCUT2D eigenvalue weighted by Crippen LogP contribution is -2.44. The van der Waals surface area contributed by atoms with Crippen molar-refractivity contribution in [2.75, 3.05) is 38.6 Å². The van der Waals surface area contributed by atoms with Crippen LogP contribution < -0.4 is 4.90 Å². The third-order valence-corrected chi connectivity index (χ3v) is 9.09. The highest BCUT2D eigenvalue weighted by atomic mass is 32.2. The number of carbonyl (C=O) groups excluding carboxylic acids is 2. The molecule has 0 radical (unpaired) electrons. The van der Waals surface area contributed by atoms with Crippen LogP contribution in [-0.2, 0) is 21.2 Å². The van der Waals surface area contributed by atoms with E-state index in [-0.39, 0.29) is 21.9 Å². The molecule has 0 spiro atoms. The van der Waals surface area contributed by atoms with Crippen LogP contribution in [0.4, 0.5) is 5.69 Å². The number of anilines is 1. The van der Waals surface area contributed by atoms with E-state index < -0.39 is 10.0 Å². The van der Waals surface area contributed by atoms with E-state index in [4.69, 9.17) is 0 Å². The zero-order valence-corrected chi connectivity index (χ0v) is 18.7. The number of benzene rings is 1. The molecule has 0 saturated carbocycles. The van der Waals surface area contributed by atoms with Crippen molar-refractivity contribution in [2.24, 2.45) is 5.92 Å².